The van der Waals surface area contributed by atoms with E-state index < -0.39 is 5.91 Å². The SMILES string of the molecule is Cc1ccc(C(=O)NCC(=O)N/N=C/c2cn(-c3ccccc3)nc2-c2ccccc2)cc1. The van der Waals surface area contributed by atoms with Gasteiger partial charge in [-0.05, 0) is 31.2 Å². The molecule has 0 aliphatic heterocycles. The Labute approximate surface area is 191 Å². The second-order valence-electron chi connectivity index (χ2n) is 7.42. The number of nitrogens with one attached hydrogen (secondary N) is 2. The maximum atomic E-state index is 12.2. The smallest absolute Gasteiger partial charge is 0.259 e. The number of carbonyl (C=O) groups is 2. The average Bonchev–Trinajstić information content (AvgIpc) is 3.28. The van der Waals surface area contributed by atoms with Crippen LogP contribution in [-0.2, 0) is 4.79 Å². The van der Waals surface area contributed by atoms with E-state index in [0.29, 0.717) is 5.56 Å². The van der Waals surface area contributed by atoms with Crippen molar-refractivity contribution in [1.82, 2.24) is 20.5 Å². The van der Waals surface area contributed by atoms with Gasteiger partial charge in [0.05, 0.1) is 18.4 Å². The Hall–Kier alpha value is -4.52. The summed E-state index contributed by atoms with van der Waals surface area (Å²) in [5, 5.41) is 11.4. The molecule has 2 N–H and O–H groups in total. The summed E-state index contributed by atoms with van der Waals surface area (Å²) >= 11 is 0. The molecule has 0 unspecified atom stereocenters. The monoisotopic (exact) mass is 437 g/mol. The first-order valence-corrected chi connectivity index (χ1v) is 10.5. The highest BCUT2D eigenvalue weighted by molar-refractivity contribution is 5.96. The maximum Gasteiger partial charge on any atom is 0.259 e. The molecular formula is C26H23N5O2. The van der Waals surface area contributed by atoms with Gasteiger partial charge in [-0.3, -0.25) is 9.59 Å². The van der Waals surface area contributed by atoms with Gasteiger partial charge >= 0.3 is 0 Å². The molecule has 0 aliphatic rings. The zero-order valence-electron chi connectivity index (χ0n) is 18.1. The van der Waals surface area contributed by atoms with E-state index in [-0.39, 0.29) is 12.5 Å². The van der Waals surface area contributed by atoms with E-state index in [1.807, 2.05) is 85.9 Å². The van der Waals surface area contributed by atoms with E-state index in [4.69, 9.17) is 5.10 Å². The van der Waals surface area contributed by atoms with Crippen LogP contribution in [-0.4, -0.2) is 34.4 Å². The lowest BCUT2D eigenvalue weighted by Gasteiger charge is -2.04. The highest BCUT2D eigenvalue weighted by Gasteiger charge is 2.11. The molecule has 0 atom stereocenters. The molecule has 7 nitrogen and oxygen atoms in total. The van der Waals surface area contributed by atoms with Gasteiger partial charge in [0.25, 0.3) is 11.8 Å². The number of carbonyl (C=O) groups excluding carboxylic acids is 2. The molecule has 3 aromatic carbocycles. The molecule has 4 aromatic rings. The van der Waals surface area contributed by atoms with Crippen LogP contribution < -0.4 is 10.7 Å². The van der Waals surface area contributed by atoms with Gasteiger partial charge in [-0.1, -0.05) is 66.2 Å². The van der Waals surface area contributed by atoms with Crippen molar-refractivity contribution in [2.24, 2.45) is 5.10 Å². The summed E-state index contributed by atoms with van der Waals surface area (Å²) in [7, 11) is 0. The number of aryl methyl sites for hydroxylation is 1. The minimum atomic E-state index is -0.427. The number of hydrogen-bond donors (Lipinski definition) is 2. The van der Waals surface area contributed by atoms with Gasteiger partial charge in [-0.15, -0.1) is 0 Å². The zero-order chi connectivity index (χ0) is 23.0. The first kappa shape index (κ1) is 21.7. The minimum absolute atomic E-state index is 0.182. The fourth-order valence-electron chi connectivity index (χ4n) is 3.20. The van der Waals surface area contributed by atoms with Crippen molar-refractivity contribution >= 4 is 18.0 Å². The standard InChI is InChI=1S/C26H23N5O2/c1-19-12-14-21(15-13-19)26(33)27-17-24(32)29-28-16-22-18-31(23-10-6-3-7-11-23)30-25(22)20-8-4-2-5-9-20/h2-16,18H,17H2,1H3,(H,27,33)(H,29,32)/b28-16+. The Balaban J connectivity index is 1.43. The first-order chi connectivity index (χ1) is 16.1. The van der Waals surface area contributed by atoms with Gasteiger partial charge in [0, 0.05) is 22.9 Å². The Kier molecular flexibility index (Phi) is 6.70. The topological polar surface area (TPSA) is 88.4 Å². The Bertz CT molecular complexity index is 1260. The van der Waals surface area contributed by atoms with E-state index in [9.17, 15) is 9.59 Å². The molecule has 2 amide bonds. The van der Waals surface area contributed by atoms with Crippen molar-refractivity contribution < 1.29 is 9.59 Å². The third-order valence-electron chi connectivity index (χ3n) is 4.93. The fourth-order valence-corrected chi connectivity index (χ4v) is 3.20. The lowest BCUT2D eigenvalue weighted by Crippen LogP contribution is -2.34. The lowest BCUT2D eigenvalue weighted by molar-refractivity contribution is -0.120. The molecule has 0 fully saturated rings. The summed E-state index contributed by atoms with van der Waals surface area (Å²) in [4.78, 5) is 24.3. The van der Waals surface area contributed by atoms with Crippen LogP contribution in [0.15, 0.2) is 96.2 Å². The minimum Gasteiger partial charge on any atom is -0.343 e. The molecule has 0 aliphatic carbocycles. The van der Waals surface area contributed by atoms with Crippen LogP contribution >= 0.6 is 0 Å². The second kappa shape index (κ2) is 10.2. The average molecular weight is 438 g/mol. The van der Waals surface area contributed by atoms with Crippen molar-refractivity contribution in [2.75, 3.05) is 6.54 Å². The molecule has 0 bridgehead atoms. The van der Waals surface area contributed by atoms with Gasteiger partial charge in [0.2, 0.25) is 0 Å². The van der Waals surface area contributed by atoms with Crippen molar-refractivity contribution in [1.29, 1.82) is 0 Å². The number of benzene rings is 3. The van der Waals surface area contributed by atoms with Crippen molar-refractivity contribution in [3.63, 3.8) is 0 Å². The molecule has 0 saturated carbocycles. The number of aromatic nitrogens is 2. The van der Waals surface area contributed by atoms with Gasteiger partial charge < -0.3 is 5.32 Å². The summed E-state index contributed by atoms with van der Waals surface area (Å²) in [5.41, 5.74) is 7.35. The Morgan fingerprint density at radius 3 is 2.30 bits per heavy atom. The lowest BCUT2D eigenvalue weighted by atomic mass is 10.1. The summed E-state index contributed by atoms with van der Waals surface area (Å²) in [5.74, 6) is -0.743. The maximum absolute atomic E-state index is 12.2. The van der Waals surface area contributed by atoms with Crippen LogP contribution in [0, 0.1) is 6.92 Å². The normalized spacial score (nSPS) is 10.8. The van der Waals surface area contributed by atoms with Gasteiger partial charge in [-0.25, -0.2) is 10.1 Å². The Morgan fingerprint density at radius 2 is 1.61 bits per heavy atom. The van der Waals surface area contributed by atoms with Crippen molar-refractivity contribution in [3.8, 4) is 16.9 Å². The largest absolute Gasteiger partial charge is 0.343 e. The summed E-state index contributed by atoms with van der Waals surface area (Å²) in [6.45, 7) is 1.76. The second-order valence-corrected chi connectivity index (χ2v) is 7.42. The summed E-state index contributed by atoms with van der Waals surface area (Å²) in [6.07, 6.45) is 3.40. The van der Waals surface area contributed by atoms with Crippen LogP contribution in [0.5, 0.6) is 0 Å². The Morgan fingerprint density at radius 1 is 0.939 bits per heavy atom. The summed E-state index contributed by atoms with van der Waals surface area (Å²) in [6, 6.07) is 26.6. The molecule has 1 heterocycles. The number of nitrogens with zero attached hydrogens (tertiary/aromatic N) is 3. The molecule has 164 valence electrons. The van der Waals surface area contributed by atoms with Gasteiger partial charge in [-0.2, -0.15) is 10.2 Å². The highest BCUT2D eigenvalue weighted by atomic mass is 16.2. The van der Waals surface area contributed by atoms with Gasteiger partial charge in [0.1, 0.15) is 5.69 Å². The molecular weight excluding hydrogens is 414 g/mol. The van der Waals surface area contributed by atoms with Crippen LogP contribution in [0.4, 0.5) is 0 Å². The molecule has 4 rings (SSSR count). The third-order valence-corrected chi connectivity index (χ3v) is 4.93. The number of amides is 2. The van der Waals surface area contributed by atoms with Crippen molar-refractivity contribution in [2.45, 2.75) is 6.92 Å². The number of hydrogen-bond acceptors (Lipinski definition) is 4. The van der Waals surface area contributed by atoms with Crippen molar-refractivity contribution in [3.05, 3.63) is 108 Å². The van der Waals surface area contributed by atoms with Gasteiger partial charge in [0.15, 0.2) is 0 Å². The van der Waals surface area contributed by atoms with Crippen LogP contribution in [0.1, 0.15) is 21.5 Å². The molecule has 1 aromatic heterocycles. The van der Waals surface area contributed by atoms with Crippen LogP contribution in [0.3, 0.4) is 0 Å². The molecule has 0 spiro atoms. The molecule has 0 saturated heterocycles. The fraction of sp³-hybridized carbons (Fsp3) is 0.0769. The van der Waals surface area contributed by atoms with Crippen LogP contribution in [0.2, 0.25) is 0 Å². The number of para-hydroxylation sites is 1. The highest BCUT2D eigenvalue weighted by Crippen LogP contribution is 2.22. The first-order valence-electron chi connectivity index (χ1n) is 10.5. The van der Waals surface area contributed by atoms with E-state index in [1.54, 1.807) is 23.0 Å². The van der Waals surface area contributed by atoms with E-state index in [2.05, 4.69) is 15.8 Å². The zero-order valence-corrected chi connectivity index (χ0v) is 18.1. The quantitative estimate of drug-likeness (QED) is 0.341. The number of rotatable bonds is 7. The van der Waals surface area contributed by atoms with E-state index in [0.717, 1.165) is 28.1 Å². The summed E-state index contributed by atoms with van der Waals surface area (Å²) < 4.78 is 1.77. The third kappa shape index (κ3) is 5.59. The number of hydrazone groups is 1. The van der Waals surface area contributed by atoms with Crippen LogP contribution in [0.25, 0.3) is 16.9 Å². The van der Waals surface area contributed by atoms with E-state index >= 15 is 0 Å². The molecule has 0 radical (unpaired) electrons. The van der Waals surface area contributed by atoms with E-state index in [1.165, 1.54) is 0 Å². The predicted molar refractivity (Wildman–Crippen MR) is 128 cm³/mol. The molecule has 7 heteroatoms. The predicted octanol–water partition coefficient (Wildman–Crippen LogP) is 3.73. The molecule has 33 heavy (non-hydrogen) atoms.